The minimum Gasteiger partial charge on any atom is -0.477 e. The third kappa shape index (κ3) is 1.99. The summed E-state index contributed by atoms with van der Waals surface area (Å²) >= 11 is 6.05. The van der Waals surface area contributed by atoms with Gasteiger partial charge in [-0.05, 0) is 30.7 Å². The van der Waals surface area contributed by atoms with Crippen LogP contribution in [0.25, 0.3) is 10.9 Å². The first-order valence-corrected chi connectivity index (χ1v) is 5.80. The van der Waals surface area contributed by atoms with Crippen molar-refractivity contribution in [3.63, 3.8) is 0 Å². The number of nitrogens with zero attached hydrogens (tertiary/aromatic N) is 2. The molecule has 0 aliphatic rings. The van der Waals surface area contributed by atoms with Crippen molar-refractivity contribution in [3.05, 3.63) is 34.5 Å². The van der Waals surface area contributed by atoms with E-state index in [0.29, 0.717) is 10.5 Å². The van der Waals surface area contributed by atoms with E-state index in [2.05, 4.69) is 4.98 Å². The molecule has 0 radical (unpaired) electrons. The van der Waals surface area contributed by atoms with E-state index < -0.39 is 5.97 Å². The van der Waals surface area contributed by atoms with Crippen molar-refractivity contribution < 1.29 is 9.90 Å². The molecule has 1 N–H and O–H groups in total. The molecule has 2 rings (SSSR count). The Hall–Kier alpha value is -1.81. The average molecular weight is 265 g/mol. The lowest BCUT2D eigenvalue weighted by Gasteiger charge is -2.17. The zero-order valence-electron chi connectivity index (χ0n) is 10.4. The highest BCUT2D eigenvalue weighted by molar-refractivity contribution is 6.32. The molecule has 18 heavy (non-hydrogen) atoms. The second-order valence-electron chi connectivity index (χ2n) is 4.29. The van der Waals surface area contributed by atoms with Gasteiger partial charge in [0, 0.05) is 30.2 Å². The summed E-state index contributed by atoms with van der Waals surface area (Å²) in [5.74, 6) is -1.04. The Morgan fingerprint density at radius 2 is 2.06 bits per heavy atom. The maximum Gasteiger partial charge on any atom is 0.354 e. The Balaban J connectivity index is 2.90. The monoisotopic (exact) mass is 264 g/mol. The van der Waals surface area contributed by atoms with Crippen molar-refractivity contribution in [1.29, 1.82) is 0 Å². The van der Waals surface area contributed by atoms with Gasteiger partial charge in [0.05, 0.1) is 5.52 Å². The third-order valence-corrected chi connectivity index (χ3v) is 3.26. The number of benzene rings is 1. The van der Waals surface area contributed by atoms with E-state index in [1.54, 1.807) is 12.1 Å². The smallest absolute Gasteiger partial charge is 0.354 e. The molecule has 0 bridgehead atoms. The lowest BCUT2D eigenvalue weighted by atomic mass is 10.1. The van der Waals surface area contributed by atoms with Gasteiger partial charge >= 0.3 is 5.97 Å². The zero-order valence-corrected chi connectivity index (χ0v) is 11.1. The second kappa shape index (κ2) is 4.46. The quantitative estimate of drug-likeness (QED) is 0.906. The van der Waals surface area contributed by atoms with Crippen LogP contribution in [-0.2, 0) is 0 Å². The van der Waals surface area contributed by atoms with Gasteiger partial charge < -0.3 is 10.0 Å². The van der Waals surface area contributed by atoms with E-state index >= 15 is 0 Å². The molecule has 0 amide bonds. The number of hydrogen-bond donors (Lipinski definition) is 1. The Bertz CT molecular complexity index is 638. The number of hydrogen-bond acceptors (Lipinski definition) is 3. The number of fused-ring (bicyclic) bond motifs is 1. The summed E-state index contributed by atoms with van der Waals surface area (Å²) in [7, 11) is 3.73. The standard InChI is InChI=1S/C13H13ClN2O2/c1-7-9(14)5-4-8-11(16(2)3)6-10(13(17)18)15-12(7)8/h4-6H,1-3H3,(H,17,18). The lowest BCUT2D eigenvalue weighted by Crippen LogP contribution is -2.12. The third-order valence-electron chi connectivity index (χ3n) is 2.85. The molecule has 5 heteroatoms. The summed E-state index contributed by atoms with van der Waals surface area (Å²) in [6.07, 6.45) is 0. The Kier molecular flexibility index (Phi) is 3.13. The number of pyridine rings is 1. The van der Waals surface area contributed by atoms with Crippen LogP contribution in [0.3, 0.4) is 0 Å². The first kappa shape index (κ1) is 12.6. The molecule has 1 heterocycles. The first-order chi connectivity index (χ1) is 8.41. The molecule has 0 unspecified atom stereocenters. The van der Waals surface area contributed by atoms with Crippen LogP contribution in [0.15, 0.2) is 18.2 Å². The zero-order chi connectivity index (χ0) is 13.4. The number of halogens is 1. The van der Waals surface area contributed by atoms with E-state index in [-0.39, 0.29) is 5.69 Å². The van der Waals surface area contributed by atoms with Crippen LogP contribution in [0.4, 0.5) is 5.69 Å². The van der Waals surface area contributed by atoms with E-state index in [4.69, 9.17) is 16.7 Å². The summed E-state index contributed by atoms with van der Waals surface area (Å²) in [6, 6.07) is 5.23. The summed E-state index contributed by atoms with van der Waals surface area (Å²) in [4.78, 5) is 17.1. The second-order valence-corrected chi connectivity index (χ2v) is 4.70. The molecule has 0 saturated heterocycles. The number of aromatic carboxylic acids is 1. The molecule has 4 nitrogen and oxygen atoms in total. The summed E-state index contributed by atoms with van der Waals surface area (Å²) < 4.78 is 0. The van der Waals surface area contributed by atoms with Gasteiger partial charge in [-0.25, -0.2) is 9.78 Å². The molecule has 1 aromatic carbocycles. The van der Waals surface area contributed by atoms with Gasteiger partial charge in [0.2, 0.25) is 0 Å². The number of aromatic nitrogens is 1. The fourth-order valence-corrected chi connectivity index (χ4v) is 2.02. The molecule has 0 fully saturated rings. The fraction of sp³-hybridized carbons (Fsp3) is 0.231. The van der Waals surface area contributed by atoms with Crippen molar-refractivity contribution in [1.82, 2.24) is 4.98 Å². The van der Waals surface area contributed by atoms with Crippen LogP contribution in [0.2, 0.25) is 5.02 Å². The molecule has 1 aromatic heterocycles. The van der Waals surface area contributed by atoms with Crippen molar-refractivity contribution in [3.8, 4) is 0 Å². The van der Waals surface area contributed by atoms with E-state index in [0.717, 1.165) is 16.6 Å². The maximum absolute atomic E-state index is 11.1. The summed E-state index contributed by atoms with van der Waals surface area (Å²) in [6.45, 7) is 1.84. The van der Waals surface area contributed by atoms with Crippen LogP contribution < -0.4 is 4.90 Å². The van der Waals surface area contributed by atoms with Gasteiger partial charge in [0.25, 0.3) is 0 Å². The molecular weight excluding hydrogens is 252 g/mol. The first-order valence-electron chi connectivity index (χ1n) is 5.42. The normalized spacial score (nSPS) is 10.7. The average Bonchev–Trinajstić information content (AvgIpc) is 2.32. The van der Waals surface area contributed by atoms with Crippen LogP contribution in [-0.4, -0.2) is 30.2 Å². The number of anilines is 1. The Morgan fingerprint density at radius 3 is 2.61 bits per heavy atom. The van der Waals surface area contributed by atoms with Gasteiger partial charge in [0.15, 0.2) is 5.69 Å². The highest BCUT2D eigenvalue weighted by Gasteiger charge is 2.14. The summed E-state index contributed by atoms with van der Waals surface area (Å²) in [5, 5.41) is 10.6. The molecule has 0 aliphatic carbocycles. The van der Waals surface area contributed by atoms with Crippen LogP contribution in [0.5, 0.6) is 0 Å². The number of carbonyl (C=O) groups is 1. The maximum atomic E-state index is 11.1. The predicted octanol–water partition coefficient (Wildman–Crippen LogP) is 2.96. The van der Waals surface area contributed by atoms with E-state index in [1.165, 1.54) is 0 Å². The Morgan fingerprint density at radius 1 is 1.39 bits per heavy atom. The largest absolute Gasteiger partial charge is 0.477 e. The summed E-state index contributed by atoms with van der Waals surface area (Å²) in [5.41, 5.74) is 2.26. The molecule has 0 saturated carbocycles. The topological polar surface area (TPSA) is 53.4 Å². The molecule has 0 atom stereocenters. The van der Waals surface area contributed by atoms with Crippen LogP contribution in [0.1, 0.15) is 16.1 Å². The van der Waals surface area contributed by atoms with Crippen LogP contribution in [0, 0.1) is 6.92 Å². The van der Waals surface area contributed by atoms with Gasteiger partial charge in [-0.15, -0.1) is 0 Å². The van der Waals surface area contributed by atoms with Gasteiger partial charge in [-0.1, -0.05) is 11.6 Å². The van der Waals surface area contributed by atoms with Crippen molar-refractivity contribution in [2.45, 2.75) is 6.92 Å². The van der Waals surface area contributed by atoms with Crippen molar-refractivity contribution in [2.75, 3.05) is 19.0 Å². The Labute approximate surface area is 110 Å². The minimum absolute atomic E-state index is 0.0246. The SMILES string of the molecule is Cc1c(Cl)ccc2c(N(C)C)cc(C(=O)O)nc12. The molecule has 2 aromatic rings. The molecular formula is C13H13ClN2O2. The highest BCUT2D eigenvalue weighted by atomic mass is 35.5. The molecule has 0 aliphatic heterocycles. The number of carboxylic acid groups (broad SMARTS) is 1. The van der Waals surface area contributed by atoms with Crippen molar-refractivity contribution >= 4 is 34.2 Å². The molecule has 94 valence electrons. The van der Waals surface area contributed by atoms with E-state index in [1.807, 2.05) is 32.0 Å². The van der Waals surface area contributed by atoms with Gasteiger partial charge in [-0.2, -0.15) is 0 Å². The number of rotatable bonds is 2. The number of carboxylic acids is 1. The van der Waals surface area contributed by atoms with E-state index in [9.17, 15) is 4.79 Å². The van der Waals surface area contributed by atoms with Gasteiger partial charge in [-0.3, -0.25) is 0 Å². The lowest BCUT2D eigenvalue weighted by molar-refractivity contribution is 0.0691. The van der Waals surface area contributed by atoms with Crippen LogP contribution >= 0.6 is 11.6 Å². The fourth-order valence-electron chi connectivity index (χ4n) is 1.87. The predicted molar refractivity (Wildman–Crippen MR) is 72.8 cm³/mol. The highest BCUT2D eigenvalue weighted by Crippen LogP contribution is 2.30. The molecule has 0 spiro atoms. The minimum atomic E-state index is -1.04. The van der Waals surface area contributed by atoms with Gasteiger partial charge in [0.1, 0.15) is 0 Å². The number of aryl methyl sites for hydroxylation is 1. The van der Waals surface area contributed by atoms with Crippen molar-refractivity contribution in [2.24, 2.45) is 0 Å².